The molecular weight excluding hydrogens is 290 g/mol. The van der Waals surface area contributed by atoms with Crippen molar-refractivity contribution in [2.24, 2.45) is 0 Å². The molecule has 2 aromatic carbocycles. The van der Waals surface area contributed by atoms with E-state index in [-0.39, 0.29) is 11.7 Å². The fraction of sp³-hybridized carbons (Fsp3) is 0.368. The van der Waals surface area contributed by atoms with Gasteiger partial charge in [0.05, 0.1) is 0 Å². The second-order valence-corrected chi connectivity index (χ2v) is 5.85. The molecule has 0 atom stereocenters. The summed E-state index contributed by atoms with van der Waals surface area (Å²) in [6, 6.07) is 14.3. The summed E-state index contributed by atoms with van der Waals surface area (Å²) in [7, 11) is 0. The zero-order valence-corrected chi connectivity index (χ0v) is 13.3. The standard InChI is InChI=1S/C19H23NO3/c21-18(9-3-1-2-4-10-19(22)20-23)14-15-11-12-16-7-5-6-8-17(16)13-15/h5-8,11-13,23H,1-4,9-10,14H2,(H,20,22). The third kappa shape index (κ3) is 5.83. The lowest BCUT2D eigenvalue weighted by Crippen LogP contribution is -2.17. The van der Waals surface area contributed by atoms with Gasteiger partial charge in [0.1, 0.15) is 5.78 Å². The molecule has 0 spiro atoms. The Morgan fingerprint density at radius 1 is 0.870 bits per heavy atom. The minimum absolute atomic E-state index is 0.258. The zero-order valence-electron chi connectivity index (χ0n) is 13.3. The SMILES string of the molecule is O=C(CCCCCCC(=O)NO)Cc1ccc2ccccc2c1. The molecule has 0 radical (unpaired) electrons. The van der Waals surface area contributed by atoms with Gasteiger partial charge in [-0.15, -0.1) is 0 Å². The monoisotopic (exact) mass is 313 g/mol. The predicted octanol–water partition coefficient (Wildman–Crippen LogP) is 3.80. The Morgan fingerprint density at radius 3 is 2.30 bits per heavy atom. The molecule has 0 aromatic heterocycles. The van der Waals surface area contributed by atoms with Crippen LogP contribution >= 0.6 is 0 Å². The maximum absolute atomic E-state index is 12.0. The topological polar surface area (TPSA) is 66.4 Å². The van der Waals surface area contributed by atoms with Gasteiger partial charge >= 0.3 is 0 Å². The summed E-state index contributed by atoms with van der Waals surface area (Å²) in [5.41, 5.74) is 2.68. The minimum atomic E-state index is -0.350. The Kier molecular flexibility index (Phi) is 6.76. The molecule has 0 aliphatic carbocycles. The Labute approximate surface area is 136 Å². The van der Waals surface area contributed by atoms with E-state index in [2.05, 4.69) is 24.3 Å². The third-order valence-electron chi connectivity index (χ3n) is 3.95. The largest absolute Gasteiger partial charge is 0.299 e. The van der Waals surface area contributed by atoms with E-state index in [9.17, 15) is 9.59 Å². The molecule has 1 amide bonds. The minimum Gasteiger partial charge on any atom is -0.299 e. The summed E-state index contributed by atoms with van der Waals surface area (Å²) in [6.45, 7) is 0. The van der Waals surface area contributed by atoms with Gasteiger partial charge in [-0.2, -0.15) is 0 Å². The average molecular weight is 313 g/mol. The number of amides is 1. The normalized spacial score (nSPS) is 10.7. The van der Waals surface area contributed by atoms with Gasteiger partial charge in [-0.1, -0.05) is 55.3 Å². The molecule has 2 aromatic rings. The van der Waals surface area contributed by atoms with Crippen molar-refractivity contribution >= 4 is 22.5 Å². The van der Waals surface area contributed by atoms with Crippen molar-refractivity contribution in [3.05, 3.63) is 48.0 Å². The first-order valence-electron chi connectivity index (χ1n) is 8.11. The second kappa shape index (κ2) is 9.06. The van der Waals surface area contributed by atoms with E-state index in [1.807, 2.05) is 18.2 Å². The molecule has 0 aliphatic rings. The number of benzene rings is 2. The van der Waals surface area contributed by atoms with Crippen LogP contribution in [0.15, 0.2) is 42.5 Å². The van der Waals surface area contributed by atoms with Gasteiger partial charge in [0.2, 0.25) is 5.91 Å². The molecule has 4 nitrogen and oxygen atoms in total. The second-order valence-electron chi connectivity index (χ2n) is 5.85. The summed E-state index contributed by atoms with van der Waals surface area (Å²) in [4.78, 5) is 22.9. The highest BCUT2D eigenvalue weighted by molar-refractivity contribution is 5.86. The third-order valence-corrected chi connectivity index (χ3v) is 3.95. The molecule has 0 bridgehead atoms. The van der Waals surface area contributed by atoms with Crippen LogP contribution < -0.4 is 5.48 Å². The average Bonchev–Trinajstić information content (AvgIpc) is 2.57. The van der Waals surface area contributed by atoms with Gasteiger partial charge in [0, 0.05) is 19.3 Å². The van der Waals surface area contributed by atoms with E-state index < -0.39 is 0 Å². The van der Waals surface area contributed by atoms with Crippen LogP contribution in [0.25, 0.3) is 10.8 Å². The summed E-state index contributed by atoms with van der Waals surface area (Å²) < 4.78 is 0. The van der Waals surface area contributed by atoms with Crippen LogP contribution in [-0.2, 0) is 16.0 Å². The van der Waals surface area contributed by atoms with Gasteiger partial charge < -0.3 is 0 Å². The molecule has 0 saturated carbocycles. The molecule has 0 fully saturated rings. The van der Waals surface area contributed by atoms with Gasteiger partial charge in [-0.05, 0) is 29.2 Å². The van der Waals surface area contributed by atoms with Gasteiger partial charge in [-0.25, -0.2) is 5.48 Å². The quantitative estimate of drug-likeness (QED) is 0.420. The Bertz CT molecular complexity index is 666. The number of fused-ring (bicyclic) bond motifs is 1. The van der Waals surface area contributed by atoms with Gasteiger partial charge in [0.15, 0.2) is 0 Å². The van der Waals surface area contributed by atoms with E-state index >= 15 is 0 Å². The molecule has 2 N–H and O–H groups in total. The zero-order chi connectivity index (χ0) is 16.5. The summed E-state index contributed by atoms with van der Waals surface area (Å²) in [6.07, 6.45) is 4.83. The molecule has 2 rings (SSSR count). The Morgan fingerprint density at radius 2 is 1.57 bits per heavy atom. The van der Waals surface area contributed by atoms with Crippen molar-refractivity contribution in [1.82, 2.24) is 5.48 Å². The lowest BCUT2D eigenvalue weighted by Gasteiger charge is -2.04. The van der Waals surface area contributed by atoms with E-state index in [1.54, 1.807) is 5.48 Å². The predicted molar refractivity (Wildman–Crippen MR) is 90.3 cm³/mol. The number of hydroxylamine groups is 1. The number of nitrogens with one attached hydrogen (secondary N) is 1. The van der Waals surface area contributed by atoms with Crippen LogP contribution in [0.1, 0.15) is 44.1 Å². The number of carbonyl (C=O) groups is 2. The number of hydrogen-bond donors (Lipinski definition) is 2. The van der Waals surface area contributed by atoms with Gasteiger partial charge in [0.25, 0.3) is 0 Å². The van der Waals surface area contributed by atoms with E-state index in [1.165, 1.54) is 10.8 Å². The number of ketones is 1. The number of unbranched alkanes of at least 4 members (excludes halogenated alkanes) is 3. The van der Waals surface area contributed by atoms with Crippen LogP contribution in [0.5, 0.6) is 0 Å². The molecule has 122 valence electrons. The van der Waals surface area contributed by atoms with Crippen molar-refractivity contribution in [1.29, 1.82) is 0 Å². The lowest BCUT2D eigenvalue weighted by atomic mass is 10.0. The van der Waals surface area contributed by atoms with Crippen molar-refractivity contribution in [3.63, 3.8) is 0 Å². The fourth-order valence-electron chi connectivity index (χ4n) is 2.68. The number of Topliss-reactive ketones (excluding diaryl/α,β-unsaturated/α-hetero) is 1. The van der Waals surface area contributed by atoms with Crippen LogP contribution in [-0.4, -0.2) is 16.9 Å². The van der Waals surface area contributed by atoms with Crippen molar-refractivity contribution < 1.29 is 14.8 Å². The highest BCUT2D eigenvalue weighted by Crippen LogP contribution is 2.17. The summed E-state index contributed by atoms with van der Waals surface area (Å²) >= 11 is 0. The van der Waals surface area contributed by atoms with Crippen LogP contribution in [0.2, 0.25) is 0 Å². The summed E-state index contributed by atoms with van der Waals surface area (Å²) in [5.74, 6) is -0.0919. The van der Waals surface area contributed by atoms with E-state index in [0.717, 1.165) is 31.2 Å². The molecule has 23 heavy (non-hydrogen) atoms. The molecule has 0 aliphatic heterocycles. The van der Waals surface area contributed by atoms with Crippen molar-refractivity contribution in [2.45, 2.75) is 44.9 Å². The smallest absolute Gasteiger partial charge is 0.243 e. The maximum Gasteiger partial charge on any atom is 0.243 e. The van der Waals surface area contributed by atoms with Crippen molar-refractivity contribution in [2.75, 3.05) is 0 Å². The summed E-state index contributed by atoms with van der Waals surface area (Å²) in [5, 5.41) is 10.7. The molecular formula is C19H23NO3. The highest BCUT2D eigenvalue weighted by atomic mass is 16.5. The van der Waals surface area contributed by atoms with E-state index in [0.29, 0.717) is 19.3 Å². The number of hydrogen-bond acceptors (Lipinski definition) is 3. The Balaban J connectivity index is 1.68. The first-order valence-corrected chi connectivity index (χ1v) is 8.11. The highest BCUT2D eigenvalue weighted by Gasteiger charge is 2.05. The first-order chi connectivity index (χ1) is 11.2. The fourth-order valence-corrected chi connectivity index (χ4v) is 2.68. The number of carbonyl (C=O) groups excluding carboxylic acids is 2. The number of rotatable bonds is 9. The van der Waals surface area contributed by atoms with Gasteiger partial charge in [-0.3, -0.25) is 14.8 Å². The van der Waals surface area contributed by atoms with Crippen LogP contribution in [0.3, 0.4) is 0 Å². The lowest BCUT2D eigenvalue weighted by molar-refractivity contribution is -0.129. The first kappa shape index (κ1) is 17.2. The van der Waals surface area contributed by atoms with Crippen LogP contribution in [0.4, 0.5) is 0 Å². The van der Waals surface area contributed by atoms with Crippen molar-refractivity contribution in [3.8, 4) is 0 Å². The van der Waals surface area contributed by atoms with E-state index in [4.69, 9.17) is 5.21 Å². The van der Waals surface area contributed by atoms with Crippen LogP contribution in [0, 0.1) is 0 Å². The molecule has 0 heterocycles. The molecule has 0 unspecified atom stereocenters. The molecule has 4 heteroatoms. The molecule has 0 saturated heterocycles. The maximum atomic E-state index is 12.0. The Hall–Kier alpha value is -2.20.